The minimum absolute atomic E-state index is 0.146. The molecular weight excluding hydrogens is 210 g/mol. The fourth-order valence-electron chi connectivity index (χ4n) is 2.40. The van der Waals surface area contributed by atoms with E-state index in [0.29, 0.717) is 6.04 Å². The fourth-order valence-corrected chi connectivity index (χ4v) is 2.40. The molecule has 1 heterocycles. The summed E-state index contributed by atoms with van der Waals surface area (Å²) >= 11 is 0. The van der Waals surface area contributed by atoms with Crippen LogP contribution in [0.2, 0.25) is 0 Å². The van der Waals surface area contributed by atoms with Gasteiger partial charge in [-0.1, -0.05) is 32.9 Å². The normalized spacial score (nSPS) is 16.5. The summed E-state index contributed by atoms with van der Waals surface area (Å²) in [5, 5.41) is 3.52. The van der Waals surface area contributed by atoms with Crippen LogP contribution in [0.5, 0.6) is 5.75 Å². The first-order valence-corrected chi connectivity index (χ1v) is 6.55. The first-order valence-electron chi connectivity index (χ1n) is 6.55. The van der Waals surface area contributed by atoms with Gasteiger partial charge in [0.1, 0.15) is 5.75 Å². The van der Waals surface area contributed by atoms with E-state index in [-0.39, 0.29) is 5.41 Å². The Morgan fingerprint density at radius 2 is 2.18 bits per heavy atom. The topological polar surface area (TPSA) is 21.3 Å². The van der Waals surface area contributed by atoms with Crippen LogP contribution in [-0.2, 0) is 11.8 Å². The molecule has 17 heavy (non-hydrogen) atoms. The number of rotatable bonds is 4. The number of hydrogen-bond donors (Lipinski definition) is 1. The van der Waals surface area contributed by atoms with Gasteiger partial charge in [0, 0.05) is 17.9 Å². The van der Waals surface area contributed by atoms with E-state index in [1.807, 2.05) is 0 Å². The Morgan fingerprint density at radius 3 is 2.88 bits per heavy atom. The van der Waals surface area contributed by atoms with Crippen LogP contribution in [0, 0.1) is 0 Å². The zero-order valence-electron chi connectivity index (χ0n) is 11.3. The lowest BCUT2D eigenvalue weighted by atomic mass is 9.78. The third kappa shape index (κ3) is 2.32. The van der Waals surface area contributed by atoms with Crippen LogP contribution in [0.3, 0.4) is 0 Å². The molecule has 1 aliphatic rings. The summed E-state index contributed by atoms with van der Waals surface area (Å²) in [6, 6.07) is 7.11. The van der Waals surface area contributed by atoms with Gasteiger partial charge in [-0.05, 0) is 30.7 Å². The molecule has 1 atom stereocenters. The summed E-state index contributed by atoms with van der Waals surface area (Å²) in [6.45, 7) is 10.9. The molecule has 0 saturated carbocycles. The Kier molecular flexibility index (Phi) is 3.43. The maximum Gasteiger partial charge on any atom is 0.122 e. The number of fused-ring (bicyclic) bond motifs is 1. The number of benzene rings is 1. The summed E-state index contributed by atoms with van der Waals surface area (Å²) < 4.78 is 5.56. The van der Waals surface area contributed by atoms with Gasteiger partial charge >= 0.3 is 0 Å². The van der Waals surface area contributed by atoms with Gasteiger partial charge in [0.25, 0.3) is 0 Å². The minimum Gasteiger partial charge on any atom is -0.493 e. The predicted octanol–water partition coefficient (Wildman–Crippen LogP) is 2.90. The SMILES string of the molecule is CCNC(C)C(C)(C)c1ccc2c(c1)CCO2. The average molecular weight is 233 g/mol. The lowest BCUT2D eigenvalue weighted by Crippen LogP contribution is -2.42. The van der Waals surface area contributed by atoms with E-state index in [1.165, 1.54) is 11.1 Å². The Morgan fingerprint density at radius 1 is 1.41 bits per heavy atom. The summed E-state index contributed by atoms with van der Waals surface area (Å²) in [4.78, 5) is 0. The Labute approximate surface area is 104 Å². The molecule has 1 aromatic rings. The van der Waals surface area contributed by atoms with Gasteiger partial charge in [0.2, 0.25) is 0 Å². The summed E-state index contributed by atoms with van der Waals surface area (Å²) in [5.74, 6) is 1.07. The smallest absolute Gasteiger partial charge is 0.122 e. The van der Waals surface area contributed by atoms with E-state index in [2.05, 4.69) is 51.2 Å². The molecule has 2 heteroatoms. The van der Waals surface area contributed by atoms with Crippen molar-refractivity contribution in [3.63, 3.8) is 0 Å². The average Bonchev–Trinajstić information content (AvgIpc) is 2.76. The van der Waals surface area contributed by atoms with Crippen molar-refractivity contribution in [2.75, 3.05) is 13.2 Å². The van der Waals surface area contributed by atoms with E-state index in [4.69, 9.17) is 4.74 Å². The van der Waals surface area contributed by atoms with E-state index in [0.717, 1.165) is 25.3 Å². The van der Waals surface area contributed by atoms with Crippen molar-refractivity contribution in [2.24, 2.45) is 0 Å². The molecule has 94 valence electrons. The molecular formula is C15H23NO. The molecule has 0 saturated heterocycles. The van der Waals surface area contributed by atoms with Crippen molar-refractivity contribution in [3.05, 3.63) is 29.3 Å². The molecule has 1 aliphatic heterocycles. The highest BCUT2D eigenvalue weighted by Gasteiger charge is 2.28. The standard InChI is InChI=1S/C15H23NO/c1-5-16-11(2)15(3,4)13-6-7-14-12(10-13)8-9-17-14/h6-7,10-11,16H,5,8-9H2,1-4H3. The van der Waals surface area contributed by atoms with E-state index >= 15 is 0 Å². The molecule has 2 nitrogen and oxygen atoms in total. The van der Waals surface area contributed by atoms with Crippen LogP contribution in [0.1, 0.15) is 38.8 Å². The van der Waals surface area contributed by atoms with Gasteiger partial charge < -0.3 is 10.1 Å². The molecule has 0 aromatic heterocycles. The fraction of sp³-hybridized carbons (Fsp3) is 0.600. The maximum atomic E-state index is 5.56. The van der Waals surface area contributed by atoms with Gasteiger partial charge in [-0.15, -0.1) is 0 Å². The third-order valence-electron chi connectivity index (χ3n) is 4.03. The number of likely N-dealkylation sites (N-methyl/N-ethyl adjacent to an activating group) is 1. The maximum absolute atomic E-state index is 5.56. The first kappa shape index (κ1) is 12.4. The molecule has 0 radical (unpaired) electrons. The van der Waals surface area contributed by atoms with E-state index in [1.54, 1.807) is 0 Å². The molecule has 2 rings (SSSR count). The van der Waals surface area contributed by atoms with Gasteiger partial charge in [-0.3, -0.25) is 0 Å². The number of hydrogen-bond acceptors (Lipinski definition) is 2. The molecule has 0 amide bonds. The lowest BCUT2D eigenvalue weighted by molar-refractivity contribution is 0.356. The van der Waals surface area contributed by atoms with Crippen molar-refractivity contribution >= 4 is 0 Å². The van der Waals surface area contributed by atoms with E-state index < -0.39 is 0 Å². The number of ether oxygens (including phenoxy) is 1. The largest absolute Gasteiger partial charge is 0.493 e. The summed E-state index contributed by atoms with van der Waals surface area (Å²) in [5.41, 5.74) is 2.91. The van der Waals surface area contributed by atoms with Gasteiger partial charge in [0.05, 0.1) is 6.61 Å². The Bertz CT molecular complexity index is 398. The van der Waals surface area contributed by atoms with Crippen molar-refractivity contribution in [1.29, 1.82) is 0 Å². The second kappa shape index (κ2) is 4.69. The van der Waals surface area contributed by atoms with Crippen LogP contribution < -0.4 is 10.1 Å². The molecule has 0 bridgehead atoms. The first-order chi connectivity index (χ1) is 8.05. The van der Waals surface area contributed by atoms with Crippen LogP contribution in [0.25, 0.3) is 0 Å². The predicted molar refractivity (Wildman–Crippen MR) is 71.8 cm³/mol. The van der Waals surface area contributed by atoms with Gasteiger partial charge in [-0.25, -0.2) is 0 Å². The second-order valence-corrected chi connectivity index (χ2v) is 5.42. The van der Waals surface area contributed by atoms with Crippen LogP contribution in [0.15, 0.2) is 18.2 Å². The molecule has 1 aromatic carbocycles. The number of nitrogens with one attached hydrogen (secondary N) is 1. The van der Waals surface area contributed by atoms with Crippen LogP contribution >= 0.6 is 0 Å². The molecule has 0 aliphatic carbocycles. The second-order valence-electron chi connectivity index (χ2n) is 5.42. The van der Waals surface area contributed by atoms with E-state index in [9.17, 15) is 0 Å². The summed E-state index contributed by atoms with van der Waals surface area (Å²) in [7, 11) is 0. The van der Waals surface area contributed by atoms with Crippen LogP contribution in [-0.4, -0.2) is 19.2 Å². The molecule has 1 N–H and O–H groups in total. The lowest BCUT2D eigenvalue weighted by Gasteiger charge is -2.33. The Balaban J connectivity index is 2.26. The van der Waals surface area contributed by atoms with Crippen molar-refractivity contribution in [1.82, 2.24) is 5.32 Å². The van der Waals surface area contributed by atoms with Crippen molar-refractivity contribution in [3.8, 4) is 5.75 Å². The quantitative estimate of drug-likeness (QED) is 0.863. The highest BCUT2D eigenvalue weighted by Crippen LogP contribution is 2.33. The van der Waals surface area contributed by atoms with Crippen LogP contribution in [0.4, 0.5) is 0 Å². The third-order valence-corrected chi connectivity index (χ3v) is 4.03. The monoisotopic (exact) mass is 233 g/mol. The van der Waals surface area contributed by atoms with Gasteiger partial charge in [0.15, 0.2) is 0 Å². The zero-order valence-corrected chi connectivity index (χ0v) is 11.3. The highest BCUT2D eigenvalue weighted by atomic mass is 16.5. The molecule has 0 fully saturated rings. The highest BCUT2D eigenvalue weighted by molar-refractivity contribution is 5.42. The van der Waals surface area contributed by atoms with Crippen molar-refractivity contribution in [2.45, 2.75) is 45.6 Å². The molecule has 0 spiro atoms. The molecule has 1 unspecified atom stereocenters. The van der Waals surface area contributed by atoms with Crippen molar-refractivity contribution < 1.29 is 4.74 Å². The van der Waals surface area contributed by atoms with Gasteiger partial charge in [-0.2, -0.15) is 0 Å². The minimum atomic E-state index is 0.146. The zero-order chi connectivity index (χ0) is 12.5. The Hall–Kier alpha value is -1.02. The summed E-state index contributed by atoms with van der Waals surface area (Å²) in [6.07, 6.45) is 1.05.